The molecule has 0 spiro atoms. The smallest absolute Gasteiger partial charge is 0.295 e. The minimum Gasteiger partial charge on any atom is -0.507 e. The van der Waals surface area contributed by atoms with Crippen molar-refractivity contribution in [1.82, 2.24) is 9.80 Å². The van der Waals surface area contributed by atoms with E-state index in [9.17, 15) is 14.7 Å². The number of aliphatic hydroxyl groups is 1. The summed E-state index contributed by atoms with van der Waals surface area (Å²) in [6.07, 6.45) is 1.64. The SMILES string of the molecule is CCN(CC)CCCN1C(=O)C(=O)C(=C(O)c2ccc(Cl)cc2)C1c1cccc(OCCC(C)C)c1. The van der Waals surface area contributed by atoms with Gasteiger partial charge in [-0.3, -0.25) is 9.59 Å². The molecule has 1 fully saturated rings. The number of nitrogens with zero attached hydrogens (tertiary/aromatic N) is 2. The predicted octanol–water partition coefficient (Wildman–Crippen LogP) is 5.92. The fourth-order valence-electron chi connectivity index (χ4n) is 4.41. The van der Waals surface area contributed by atoms with Crippen LogP contribution < -0.4 is 4.74 Å². The summed E-state index contributed by atoms with van der Waals surface area (Å²) in [5, 5.41) is 11.7. The number of rotatable bonds is 12. The van der Waals surface area contributed by atoms with Gasteiger partial charge >= 0.3 is 0 Å². The van der Waals surface area contributed by atoms with E-state index >= 15 is 0 Å². The van der Waals surface area contributed by atoms with Crippen LogP contribution in [-0.4, -0.2) is 59.4 Å². The Balaban J connectivity index is 1.99. The molecule has 1 saturated heterocycles. The molecule has 0 bridgehead atoms. The van der Waals surface area contributed by atoms with Crippen molar-refractivity contribution in [3.05, 3.63) is 70.3 Å². The summed E-state index contributed by atoms with van der Waals surface area (Å²) in [6, 6.07) is 13.4. The largest absolute Gasteiger partial charge is 0.507 e. The van der Waals surface area contributed by atoms with E-state index < -0.39 is 17.7 Å². The van der Waals surface area contributed by atoms with Gasteiger partial charge in [-0.1, -0.05) is 51.4 Å². The number of carbonyl (C=O) groups excluding carboxylic acids is 2. The number of halogens is 1. The van der Waals surface area contributed by atoms with Crippen molar-refractivity contribution in [1.29, 1.82) is 0 Å². The molecule has 0 aromatic heterocycles. The van der Waals surface area contributed by atoms with E-state index in [0.717, 1.165) is 38.0 Å². The Bertz CT molecular complexity index is 1080. The Morgan fingerprint density at radius 1 is 1.11 bits per heavy atom. The molecule has 0 saturated carbocycles. The van der Waals surface area contributed by atoms with Crippen molar-refractivity contribution in [3.63, 3.8) is 0 Å². The number of amides is 1. The minimum atomic E-state index is -0.703. The van der Waals surface area contributed by atoms with Crippen LogP contribution in [-0.2, 0) is 9.59 Å². The van der Waals surface area contributed by atoms with Gasteiger partial charge in [-0.25, -0.2) is 0 Å². The summed E-state index contributed by atoms with van der Waals surface area (Å²) >= 11 is 6.02. The van der Waals surface area contributed by atoms with Crippen molar-refractivity contribution in [2.24, 2.45) is 5.92 Å². The third-order valence-corrected chi connectivity index (χ3v) is 6.82. The van der Waals surface area contributed by atoms with Crippen molar-refractivity contribution >= 4 is 29.1 Å². The molecule has 1 atom stereocenters. The number of benzene rings is 2. The van der Waals surface area contributed by atoms with Crippen LogP contribution in [0.5, 0.6) is 5.75 Å². The van der Waals surface area contributed by atoms with Crippen LogP contribution >= 0.6 is 11.6 Å². The first-order valence-electron chi connectivity index (χ1n) is 12.8. The Morgan fingerprint density at radius 2 is 1.81 bits per heavy atom. The molecular weight excluding hydrogens is 476 g/mol. The third-order valence-electron chi connectivity index (χ3n) is 6.56. The molecule has 1 N–H and O–H groups in total. The zero-order valence-corrected chi connectivity index (χ0v) is 22.4. The first-order chi connectivity index (χ1) is 17.3. The van der Waals surface area contributed by atoms with E-state index in [2.05, 4.69) is 32.6 Å². The van der Waals surface area contributed by atoms with Crippen molar-refractivity contribution in [2.45, 2.75) is 46.6 Å². The number of hydrogen-bond acceptors (Lipinski definition) is 5. The van der Waals surface area contributed by atoms with E-state index in [4.69, 9.17) is 16.3 Å². The molecule has 194 valence electrons. The average Bonchev–Trinajstić information content (AvgIpc) is 3.11. The van der Waals surface area contributed by atoms with Crippen LogP contribution in [0.4, 0.5) is 0 Å². The topological polar surface area (TPSA) is 70.1 Å². The quantitative estimate of drug-likeness (QED) is 0.217. The molecular formula is C29H37ClN2O4. The van der Waals surface area contributed by atoms with Crippen LogP contribution in [0.1, 0.15) is 57.7 Å². The molecule has 3 rings (SSSR count). The standard InChI is InChI=1S/C29H37ClN2O4/c1-5-31(6-2)16-8-17-32-26(22-9-7-10-24(19-22)36-18-15-20(3)4)25(28(34)29(32)35)27(33)21-11-13-23(30)14-12-21/h7,9-14,19-20,26,33H,5-6,8,15-18H2,1-4H3. The van der Waals surface area contributed by atoms with E-state index in [1.165, 1.54) is 0 Å². The maximum atomic E-state index is 13.2. The summed E-state index contributed by atoms with van der Waals surface area (Å²) in [7, 11) is 0. The van der Waals surface area contributed by atoms with E-state index in [1.807, 2.05) is 24.3 Å². The van der Waals surface area contributed by atoms with E-state index in [1.54, 1.807) is 29.2 Å². The van der Waals surface area contributed by atoms with Gasteiger partial charge in [0, 0.05) is 17.1 Å². The maximum absolute atomic E-state index is 13.2. The van der Waals surface area contributed by atoms with Gasteiger partial charge in [-0.15, -0.1) is 0 Å². The van der Waals surface area contributed by atoms with Gasteiger partial charge in [-0.05, 0) is 80.4 Å². The lowest BCUT2D eigenvalue weighted by atomic mass is 9.95. The van der Waals surface area contributed by atoms with Crippen LogP contribution in [0.15, 0.2) is 54.1 Å². The zero-order chi connectivity index (χ0) is 26.2. The molecule has 7 heteroatoms. The molecule has 36 heavy (non-hydrogen) atoms. The highest BCUT2D eigenvalue weighted by atomic mass is 35.5. The monoisotopic (exact) mass is 512 g/mol. The van der Waals surface area contributed by atoms with Gasteiger partial charge in [0.2, 0.25) is 0 Å². The molecule has 1 amide bonds. The second-order valence-corrected chi connectivity index (χ2v) is 9.92. The van der Waals surface area contributed by atoms with Crippen LogP contribution in [0.2, 0.25) is 5.02 Å². The Kier molecular flexibility index (Phi) is 9.97. The average molecular weight is 513 g/mol. The summed E-state index contributed by atoms with van der Waals surface area (Å²) in [6.45, 7) is 12.1. The predicted molar refractivity (Wildman–Crippen MR) is 144 cm³/mol. The summed E-state index contributed by atoms with van der Waals surface area (Å²) in [5.41, 5.74) is 1.26. The van der Waals surface area contributed by atoms with Gasteiger partial charge in [0.1, 0.15) is 11.5 Å². The molecule has 1 heterocycles. The van der Waals surface area contributed by atoms with Crippen LogP contribution in [0.3, 0.4) is 0 Å². The van der Waals surface area contributed by atoms with E-state index in [0.29, 0.717) is 35.4 Å². The molecule has 0 aliphatic carbocycles. The fraction of sp³-hybridized carbons (Fsp3) is 0.448. The summed E-state index contributed by atoms with van der Waals surface area (Å²) in [5.74, 6) is -0.284. The number of carbonyl (C=O) groups is 2. The first-order valence-corrected chi connectivity index (χ1v) is 13.1. The molecule has 1 aliphatic rings. The zero-order valence-electron chi connectivity index (χ0n) is 21.7. The van der Waals surface area contributed by atoms with Crippen LogP contribution in [0.25, 0.3) is 5.76 Å². The highest BCUT2D eigenvalue weighted by molar-refractivity contribution is 6.46. The number of aliphatic hydroxyl groups excluding tert-OH is 1. The summed E-state index contributed by atoms with van der Waals surface area (Å²) < 4.78 is 5.95. The molecule has 2 aromatic carbocycles. The van der Waals surface area contributed by atoms with Gasteiger partial charge in [0.15, 0.2) is 0 Å². The second-order valence-electron chi connectivity index (χ2n) is 9.48. The van der Waals surface area contributed by atoms with Gasteiger partial charge in [-0.2, -0.15) is 0 Å². The third kappa shape index (κ3) is 6.68. The normalized spacial score (nSPS) is 17.4. The van der Waals surface area contributed by atoms with E-state index in [-0.39, 0.29) is 11.3 Å². The highest BCUT2D eigenvalue weighted by Crippen LogP contribution is 2.40. The number of likely N-dealkylation sites (tertiary alicyclic amines) is 1. The summed E-state index contributed by atoms with van der Waals surface area (Å²) in [4.78, 5) is 30.3. The minimum absolute atomic E-state index is 0.0875. The van der Waals surface area contributed by atoms with Crippen molar-refractivity contribution in [3.8, 4) is 5.75 Å². The maximum Gasteiger partial charge on any atom is 0.295 e. The van der Waals surface area contributed by atoms with Crippen molar-refractivity contribution in [2.75, 3.05) is 32.8 Å². The number of ether oxygens (including phenoxy) is 1. The Hall–Kier alpha value is -2.83. The number of hydrogen-bond donors (Lipinski definition) is 1. The van der Waals surface area contributed by atoms with Gasteiger partial charge in [0.05, 0.1) is 18.2 Å². The Morgan fingerprint density at radius 3 is 2.44 bits per heavy atom. The lowest BCUT2D eigenvalue weighted by Gasteiger charge is -2.27. The van der Waals surface area contributed by atoms with Crippen LogP contribution in [0, 0.1) is 5.92 Å². The number of ketones is 1. The lowest BCUT2D eigenvalue weighted by Crippen LogP contribution is -2.33. The number of Topliss-reactive ketones (excluding diaryl/α,β-unsaturated/α-hetero) is 1. The molecule has 2 aromatic rings. The lowest BCUT2D eigenvalue weighted by molar-refractivity contribution is -0.140. The molecule has 6 nitrogen and oxygen atoms in total. The molecule has 1 aliphatic heterocycles. The second kappa shape index (κ2) is 12.9. The van der Waals surface area contributed by atoms with Gasteiger partial charge < -0.3 is 19.6 Å². The first kappa shape index (κ1) is 27.8. The molecule has 0 radical (unpaired) electrons. The Labute approximate surface area is 219 Å². The van der Waals surface area contributed by atoms with Gasteiger partial charge in [0.25, 0.3) is 11.7 Å². The molecule has 1 unspecified atom stereocenters. The van der Waals surface area contributed by atoms with Crippen molar-refractivity contribution < 1.29 is 19.4 Å². The highest BCUT2D eigenvalue weighted by Gasteiger charge is 2.45. The fourth-order valence-corrected chi connectivity index (χ4v) is 4.54.